The molecule has 0 atom stereocenters. The molecule has 0 amide bonds. The van der Waals surface area contributed by atoms with Crippen LogP contribution in [0, 0.1) is 0 Å². The first kappa shape index (κ1) is 11.2. The van der Waals surface area contributed by atoms with Gasteiger partial charge in [-0.1, -0.05) is 48.5 Å². The molecule has 4 rings (SSSR count). The quantitative estimate of drug-likeness (QED) is 0.437. The van der Waals surface area contributed by atoms with Crippen molar-refractivity contribution in [2.45, 2.75) is 0 Å². The van der Waals surface area contributed by atoms with E-state index in [1.807, 2.05) is 29.8 Å². The van der Waals surface area contributed by atoms with Gasteiger partial charge in [0.05, 0.1) is 11.9 Å². The molecule has 0 saturated heterocycles. The summed E-state index contributed by atoms with van der Waals surface area (Å²) < 4.78 is 4.11. The van der Waals surface area contributed by atoms with E-state index in [1.54, 1.807) is 0 Å². The van der Waals surface area contributed by atoms with Crippen LogP contribution in [0.4, 0.5) is 11.4 Å². The average molecular weight is 259 g/mol. The zero-order chi connectivity index (χ0) is 13.5. The van der Waals surface area contributed by atoms with Gasteiger partial charge in [-0.05, 0) is 11.5 Å². The van der Waals surface area contributed by atoms with Gasteiger partial charge < -0.3 is 9.14 Å². The summed E-state index contributed by atoms with van der Waals surface area (Å²) in [5, 5.41) is 2.44. The monoisotopic (exact) mass is 259 g/mol. The molecule has 0 radical (unpaired) electrons. The van der Waals surface area contributed by atoms with Crippen LogP contribution < -0.4 is 10.1 Å². The van der Waals surface area contributed by atoms with Crippen LogP contribution in [0.3, 0.4) is 0 Å². The van der Waals surface area contributed by atoms with Crippen LogP contribution in [0.5, 0.6) is 0 Å². The SMILES string of the molecule is Cn1cc2ccccc2cc1=[N+]1[C-]=Nc2ccccc21. The molecule has 3 aromatic rings. The molecule has 0 aliphatic carbocycles. The average Bonchev–Trinajstić information content (AvgIpc) is 2.90. The molecular weight excluding hydrogens is 246 g/mol. The predicted molar refractivity (Wildman–Crippen MR) is 81.4 cm³/mol. The van der Waals surface area contributed by atoms with Crippen LogP contribution in [0.15, 0.2) is 65.8 Å². The van der Waals surface area contributed by atoms with Crippen LogP contribution in [0.25, 0.3) is 10.8 Å². The molecule has 0 spiro atoms. The van der Waals surface area contributed by atoms with Gasteiger partial charge in [-0.15, -0.1) is 0 Å². The summed E-state index contributed by atoms with van der Waals surface area (Å²) in [6, 6.07) is 18.6. The van der Waals surface area contributed by atoms with Crippen molar-refractivity contribution in [1.82, 2.24) is 9.14 Å². The van der Waals surface area contributed by atoms with Gasteiger partial charge in [0.25, 0.3) is 0 Å². The molecule has 96 valence electrons. The summed E-state index contributed by atoms with van der Waals surface area (Å²) >= 11 is 0. The number of hydrogen-bond acceptors (Lipinski definition) is 1. The maximum absolute atomic E-state index is 4.34. The second-order valence-corrected chi connectivity index (χ2v) is 4.91. The molecule has 3 nitrogen and oxygen atoms in total. The number of rotatable bonds is 0. The van der Waals surface area contributed by atoms with Crippen molar-refractivity contribution in [2.24, 2.45) is 12.0 Å². The highest BCUT2D eigenvalue weighted by atomic mass is 15.2. The van der Waals surface area contributed by atoms with E-state index in [0.29, 0.717) is 0 Å². The zero-order valence-corrected chi connectivity index (χ0v) is 11.1. The molecular formula is C17H13N3. The van der Waals surface area contributed by atoms with Crippen LogP contribution in [0.1, 0.15) is 0 Å². The third-order valence-corrected chi connectivity index (χ3v) is 3.60. The lowest BCUT2D eigenvalue weighted by atomic mass is 10.2. The lowest BCUT2D eigenvalue weighted by Crippen LogP contribution is -2.30. The third-order valence-electron chi connectivity index (χ3n) is 3.60. The van der Waals surface area contributed by atoms with Gasteiger partial charge in [0, 0.05) is 18.1 Å². The van der Waals surface area contributed by atoms with Crippen molar-refractivity contribution in [3.63, 3.8) is 0 Å². The van der Waals surface area contributed by atoms with E-state index < -0.39 is 0 Å². The second kappa shape index (κ2) is 4.17. The Morgan fingerprint density at radius 3 is 2.65 bits per heavy atom. The van der Waals surface area contributed by atoms with Crippen LogP contribution in [0.2, 0.25) is 0 Å². The number of fused-ring (bicyclic) bond motifs is 2. The summed E-state index contributed by atoms with van der Waals surface area (Å²) in [5.41, 5.74) is 3.08. The van der Waals surface area contributed by atoms with Crippen molar-refractivity contribution in [3.05, 3.63) is 66.3 Å². The summed E-state index contributed by atoms with van der Waals surface area (Å²) in [6.45, 7) is 0. The number of benzene rings is 2. The Hall–Kier alpha value is -2.68. The highest BCUT2D eigenvalue weighted by Gasteiger charge is 2.09. The number of hydrogen-bond donors (Lipinski definition) is 0. The first-order chi connectivity index (χ1) is 9.83. The van der Waals surface area contributed by atoms with Crippen molar-refractivity contribution in [2.75, 3.05) is 0 Å². The summed E-state index contributed by atoms with van der Waals surface area (Å²) in [6.07, 6.45) is 5.21. The minimum absolute atomic E-state index is 0.959. The molecule has 1 aliphatic rings. The Kier molecular flexibility index (Phi) is 2.33. The molecule has 2 aromatic carbocycles. The first-order valence-corrected chi connectivity index (χ1v) is 6.57. The minimum atomic E-state index is 0.959. The molecule has 20 heavy (non-hydrogen) atoms. The van der Waals surface area contributed by atoms with E-state index in [0.717, 1.165) is 16.9 Å². The van der Waals surface area contributed by atoms with E-state index >= 15 is 0 Å². The van der Waals surface area contributed by atoms with E-state index in [2.05, 4.69) is 58.5 Å². The Labute approximate surface area is 116 Å². The van der Waals surface area contributed by atoms with Gasteiger partial charge >= 0.3 is 0 Å². The van der Waals surface area contributed by atoms with Crippen molar-refractivity contribution in [3.8, 4) is 0 Å². The van der Waals surface area contributed by atoms with Crippen molar-refractivity contribution in [1.29, 1.82) is 0 Å². The van der Waals surface area contributed by atoms with E-state index in [1.165, 1.54) is 10.8 Å². The van der Waals surface area contributed by atoms with Gasteiger partial charge in [0.2, 0.25) is 6.34 Å². The molecule has 0 N–H and O–H groups in total. The Bertz CT molecular complexity index is 917. The molecule has 0 bridgehead atoms. The molecule has 3 heteroatoms. The molecule has 0 fully saturated rings. The second-order valence-electron chi connectivity index (χ2n) is 4.91. The van der Waals surface area contributed by atoms with Gasteiger partial charge in [-0.25, -0.2) is 4.99 Å². The van der Waals surface area contributed by atoms with Crippen LogP contribution >= 0.6 is 0 Å². The predicted octanol–water partition coefficient (Wildman–Crippen LogP) is 2.83. The first-order valence-electron chi connectivity index (χ1n) is 6.57. The van der Waals surface area contributed by atoms with Gasteiger partial charge in [0.15, 0.2) is 5.49 Å². The fourth-order valence-corrected chi connectivity index (χ4v) is 2.58. The van der Waals surface area contributed by atoms with Gasteiger partial charge in [-0.2, -0.15) is 0 Å². The smallest absolute Gasteiger partial charge is 0.208 e. The molecule has 0 unspecified atom stereocenters. The van der Waals surface area contributed by atoms with E-state index in [-0.39, 0.29) is 0 Å². The van der Waals surface area contributed by atoms with E-state index in [9.17, 15) is 0 Å². The van der Waals surface area contributed by atoms with Crippen molar-refractivity contribution < 1.29 is 0 Å². The lowest BCUT2D eigenvalue weighted by Gasteiger charge is -2.09. The molecule has 1 aliphatic heterocycles. The fourth-order valence-electron chi connectivity index (χ4n) is 2.58. The third kappa shape index (κ3) is 1.60. The maximum atomic E-state index is 4.34. The topological polar surface area (TPSA) is 20.3 Å². The number of aryl methyl sites for hydroxylation is 1. The zero-order valence-electron chi connectivity index (χ0n) is 11.1. The summed E-state index contributed by atoms with van der Waals surface area (Å²) in [5.74, 6) is 0. The van der Waals surface area contributed by atoms with Gasteiger partial charge in [0.1, 0.15) is 0 Å². The number of aliphatic imine (C=N–C) groups is 1. The number of pyridine rings is 1. The minimum Gasteiger partial charge on any atom is -0.325 e. The molecule has 1 aromatic heterocycles. The van der Waals surface area contributed by atoms with Gasteiger partial charge in [-0.3, -0.25) is 0 Å². The summed E-state index contributed by atoms with van der Waals surface area (Å²) in [7, 11) is 2.05. The van der Waals surface area contributed by atoms with E-state index in [4.69, 9.17) is 0 Å². The van der Waals surface area contributed by atoms with Crippen LogP contribution in [-0.2, 0) is 7.05 Å². The Morgan fingerprint density at radius 1 is 1.00 bits per heavy atom. The number of aromatic nitrogens is 1. The lowest BCUT2D eigenvalue weighted by molar-refractivity contribution is 0.800. The Balaban J connectivity index is 2.11. The standard InChI is InChI=1S/C17H13N3/c1-19-11-14-7-3-2-6-13(14)10-17(19)20-12-18-15-8-4-5-9-16(15)20/h2-11H,1H3. The normalized spacial score (nSPS) is 15.7. The van der Waals surface area contributed by atoms with Crippen LogP contribution in [-0.4, -0.2) is 10.9 Å². The number of nitrogens with zero attached hydrogens (tertiary/aromatic N) is 3. The highest BCUT2D eigenvalue weighted by molar-refractivity contribution is 5.85. The largest absolute Gasteiger partial charge is 0.325 e. The fraction of sp³-hybridized carbons (Fsp3) is 0.0588. The molecule has 2 heterocycles. The van der Waals surface area contributed by atoms with Crippen molar-refractivity contribution >= 4 is 28.5 Å². The Morgan fingerprint density at radius 2 is 1.75 bits per heavy atom. The number of para-hydroxylation sites is 2. The highest BCUT2D eigenvalue weighted by Crippen LogP contribution is 2.28. The maximum Gasteiger partial charge on any atom is 0.208 e. The summed E-state index contributed by atoms with van der Waals surface area (Å²) in [4.78, 5) is 4.34. The molecule has 0 saturated carbocycles.